The maximum atomic E-state index is 13.3. The van der Waals surface area contributed by atoms with Gasteiger partial charge in [-0.1, -0.05) is 26.7 Å². The van der Waals surface area contributed by atoms with Crippen LogP contribution in [0.2, 0.25) is 0 Å². The lowest BCUT2D eigenvalue weighted by molar-refractivity contribution is -0.139. The van der Waals surface area contributed by atoms with Crippen LogP contribution in [0.5, 0.6) is 0 Å². The molecule has 1 aromatic rings. The van der Waals surface area contributed by atoms with Gasteiger partial charge in [-0.05, 0) is 38.3 Å². The van der Waals surface area contributed by atoms with Gasteiger partial charge in [0.15, 0.2) is 0 Å². The molecule has 1 aliphatic carbocycles. The fourth-order valence-corrected chi connectivity index (χ4v) is 3.94. The zero-order chi connectivity index (χ0) is 21.6. The number of fused-ring (bicyclic) bond motifs is 1. The van der Waals surface area contributed by atoms with Crippen molar-refractivity contribution in [3.05, 3.63) is 27.2 Å². The maximum absolute atomic E-state index is 13.3. The van der Waals surface area contributed by atoms with Crippen molar-refractivity contribution in [2.24, 2.45) is 0 Å². The molecule has 1 atom stereocenters. The zero-order valence-corrected chi connectivity index (χ0v) is 17.4. The Morgan fingerprint density at radius 1 is 1.17 bits per heavy atom. The van der Waals surface area contributed by atoms with Gasteiger partial charge in [0.25, 0.3) is 5.56 Å². The van der Waals surface area contributed by atoms with Gasteiger partial charge in [0, 0.05) is 26.1 Å². The molecule has 2 rings (SSSR count). The van der Waals surface area contributed by atoms with Crippen LogP contribution < -0.4 is 5.56 Å². The molecule has 6 nitrogen and oxygen atoms in total. The number of unbranched alkanes of at least 4 members (excludes halogenated alkanes) is 2. The third-order valence-electron chi connectivity index (χ3n) is 5.47. The van der Waals surface area contributed by atoms with Crippen molar-refractivity contribution in [3.63, 3.8) is 0 Å². The zero-order valence-electron chi connectivity index (χ0n) is 17.4. The van der Waals surface area contributed by atoms with Crippen LogP contribution in [0.15, 0.2) is 4.79 Å². The first-order chi connectivity index (χ1) is 13.7. The number of amides is 1. The fourth-order valence-electron chi connectivity index (χ4n) is 3.94. The largest absolute Gasteiger partial charge is 0.422 e. The number of aromatic amines is 1. The van der Waals surface area contributed by atoms with E-state index in [4.69, 9.17) is 0 Å². The van der Waals surface area contributed by atoms with Crippen LogP contribution in [-0.4, -0.2) is 52.6 Å². The minimum Gasteiger partial charge on any atom is -0.343 e. The highest BCUT2D eigenvalue weighted by atomic mass is 19.4. The van der Waals surface area contributed by atoms with Crippen molar-refractivity contribution >= 4 is 5.91 Å². The number of hydrogen-bond acceptors (Lipinski definition) is 4. The van der Waals surface area contributed by atoms with Gasteiger partial charge in [0.1, 0.15) is 5.56 Å². The van der Waals surface area contributed by atoms with Crippen LogP contribution in [0, 0.1) is 0 Å². The molecule has 1 amide bonds. The molecule has 1 unspecified atom stereocenters. The molecule has 0 saturated carbocycles. The summed E-state index contributed by atoms with van der Waals surface area (Å²) in [5.41, 5.74) is -2.09. The Labute approximate surface area is 169 Å². The Bertz CT molecular complexity index is 748. The topological polar surface area (TPSA) is 69.3 Å². The van der Waals surface area contributed by atoms with E-state index in [2.05, 4.69) is 12.0 Å². The number of aromatic nitrogens is 2. The van der Waals surface area contributed by atoms with E-state index in [9.17, 15) is 22.8 Å². The van der Waals surface area contributed by atoms with Gasteiger partial charge < -0.3 is 4.90 Å². The molecule has 0 fully saturated rings. The van der Waals surface area contributed by atoms with E-state index in [0.717, 1.165) is 38.8 Å². The third-order valence-corrected chi connectivity index (χ3v) is 5.47. The molecule has 0 spiro atoms. The van der Waals surface area contributed by atoms with Crippen molar-refractivity contribution in [3.8, 4) is 0 Å². The number of rotatable bonds is 10. The van der Waals surface area contributed by atoms with Gasteiger partial charge in [-0.2, -0.15) is 18.3 Å². The summed E-state index contributed by atoms with van der Waals surface area (Å²) in [7, 11) is 1.79. The molecule has 1 heterocycles. The Morgan fingerprint density at radius 2 is 1.90 bits per heavy atom. The summed E-state index contributed by atoms with van der Waals surface area (Å²) < 4.78 is 39.8. The molecule has 0 aliphatic heterocycles. The maximum Gasteiger partial charge on any atom is 0.422 e. The highest BCUT2D eigenvalue weighted by molar-refractivity contribution is 5.76. The molecule has 1 aliphatic rings. The summed E-state index contributed by atoms with van der Waals surface area (Å²) >= 11 is 0. The number of halogens is 3. The smallest absolute Gasteiger partial charge is 0.343 e. The number of alkyl halides is 3. The molecule has 9 heteroatoms. The highest BCUT2D eigenvalue weighted by Gasteiger charge is 2.42. The third kappa shape index (κ3) is 5.81. The summed E-state index contributed by atoms with van der Waals surface area (Å²) in [5.74, 6) is 0.0680. The van der Waals surface area contributed by atoms with Gasteiger partial charge in [-0.25, -0.2) is 5.10 Å². The number of hydrogen-bond donors (Lipinski definition) is 1. The molecular weight excluding hydrogens is 385 g/mol. The first-order valence-corrected chi connectivity index (χ1v) is 10.4. The predicted octanol–water partition coefficient (Wildman–Crippen LogP) is 3.53. The lowest BCUT2D eigenvalue weighted by Gasteiger charge is -2.27. The standard InChI is InChI=1S/C20H31F3N4O2/c1-4-6-7-12-27(11-5-2)16(28)10-13-26(3)15-9-8-14-17(20(21,22)23)19(29)25-24-18(14)15/h15H,4-13H2,1-3H3,(H,25,29). The molecular formula is C20H31F3N4O2. The average molecular weight is 416 g/mol. The predicted molar refractivity (Wildman–Crippen MR) is 105 cm³/mol. The first kappa shape index (κ1) is 23.4. The number of nitrogens with zero attached hydrogens (tertiary/aromatic N) is 3. The van der Waals surface area contributed by atoms with Gasteiger partial charge >= 0.3 is 6.18 Å². The minimum atomic E-state index is -4.71. The first-order valence-electron chi connectivity index (χ1n) is 10.4. The number of carbonyl (C=O) groups excluding carboxylic acids is 1. The molecule has 0 bridgehead atoms. The molecule has 1 aromatic heterocycles. The molecule has 1 N–H and O–H groups in total. The second-order valence-electron chi connectivity index (χ2n) is 7.66. The summed E-state index contributed by atoms with van der Waals surface area (Å²) in [6, 6.07) is -0.338. The SMILES string of the molecule is CCCCCN(CCC)C(=O)CCN(C)C1CCc2c1n[nH]c(=O)c2C(F)(F)F. The Balaban J connectivity index is 2.04. The Kier molecular flexibility index (Phi) is 8.24. The lowest BCUT2D eigenvalue weighted by Crippen LogP contribution is -2.36. The van der Waals surface area contributed by atoms with Crippen molar-refractivity contribution in [2.45, 2.75) is 71.0 Å². The van der Waals surface area contributed by atoms with E-state index < -0.39 is 17.3 Å². The van der Waals surface area contributed by atoms with Crippen LogP contribution in [0.25, 0.3) is 0 Å². The Morgan fingerprint density at radius 3 is 2.52 bits per heavy atom. The number of H-pyrrole nitrogens is 1. The van der Waals surface area contributed by atoms with E-state index in [1.165, 1.54) is 0 Å². The number of nitrogens with one attached hydrogen (secondary N) is 1. The normalized spacial score (nSPS) is 16.3. The molecule has 29 heavy (non-hydrogen) atoms. The molecule has 0 radical (unpaired) electrons. The molecule has 0 saturated heterocycles. The average Bonchev–Trinajstić information content (AvgIpc) is 3.07. The summed E-state index contributed by atoms with van der Waals surface area (Å²) in [4.78, 5) is 28.0. The quantitative estimate of drug-likeness (QED) is 0.593. The van der Waals surface area contributed by atoms with E-state index in [0.29, 0.717) is 19.4 Å². The van der Waals surface area contributed by atoms with Crippen molar-refractivity contribution < 1.29 is 18.0 Å². The van der Waals surface area contributed by atoms with Gasteiger partial charge in [-0.3, -0.25) is 14.5 Å². The van der Waals surface area contributed by atoms with E-state index in [1.807, 2.05) is 21.8 Å². The highest BCUT2D eigenvalue weighted by Crippen LogP contribution is 2.39. The van der Waals surface area contributed by atoms with Crippen molar-refractivity contribution in [2.75, 3.05) is 26.7 Å². The minimum absolute atomic E-state index is 0.0170. The number of carbonyl (C=O) groups is 1. The summed E-state index contributed by atoms with van der Waals surface area (Å²) in [5, 5.41) is 5.90. The second-order valence-corrected chi connectivity index (χ2v) is 7.66. The monoisotopic (exact) mass is 416 g/mol. The molecule has 164 valence electrons. The molecule has 0 aromatic carbocycles. The van der Waals surface area contributed by atoms with E-state index >= 15 is 0 Å². The van der Waals surface area contributed by atoms with E-state index in [1.54, 1.807) is 7.05 Å². The van der Waals surface area contributed by atoms with Crippen LogP contribution >= 0.6 is 0 Å². The summed E-state index contributed by atoms with van der Waals surface area (Å²) in [6.45, 7) is 6.04. The van der Waals surface area contributed by atoms with Gasteiger partial charge in [0.2, 0.25) is 5.91 Å². The van der Waals surface area contributed by atoms with Gasteiger partial charge in [0.05, 0.1) is 11.7 Å². The van der Waals surface area contributed by atoms with Crippen molar-refractivity contribution in [1.82, 2.24) is 20.0 Å². The van der Waals surface area contributed by atoms with Crippen LogP contribution in [0.1, 0.15) is 75.2 Å². The second kappa shape index (κ2) is 10.2. The van der Waals surface area contributed by atoms with Crippen molar-refractivity contribution in [1.29, 1.82) is 0 Å². The Hall–Kier alpha value is -1.90. The fraction of sp³-hybridized carbons (Fsp3) is 0.750. The van der Waals surface area contributed by atoms with E-state index in [-0.39, 0.29) is 29.6 Å². The lowest BCUT2D eigenvalue weighted by atomic mass is 10.1. The van der Waals surface area contributed by atoms with Gasteiger partial charge in [-0.15, -0.1) is 0 Å². The van der Waals surface area contributed by atoms with Crippen LogP contribution in [-0.2, 0) is 17.4 Å². The van der Waals surface area contributed by atoms with Crippen LogP contribution in [0.4, 0.5) is 13.2 Å². The van der Waals surface area contributed by atoms with Crippen LogP contribution in [0.3, 0.4) is 0 Å². The summed E-state index contributed by atoms with van der Waals surface area (Å²) in [6.07, 6.45) is 0.246.